The fourth-order valence-corrected chi connectivity index (χ4v) is 3.90. The Morgan fingerprint density at radius 2 is 1.71 bits per heavy atom. The summed E-state index contributed by atoms with van der Waals surface area (Å²) < 4.78 is 7.24. The summed E-state index contributed by atoms with van der Waals surface area (Å²) in [5, 5.41) is 4.34. The predicted octanol–water partition coefficient (Wildman–Crippen LogP) is 6.57. The van der Waals surface area contributed by atoms with E-state index in [1.165, 1.54) is 0 Å². The van der Waals surface area contributed by atoms with Gasteiger partial charge in [0.2, 0.25) is 0 Å². The number of hydrogen-bond acceptors (Lipinski definition) is 2. The van der Waals surface area contributed by atoms with Gasteiger partial charge in [-0.15, -0.1) is 0 Å². The summed E-state index contributed by atoms with van der Waals surface area (Å²) in [7, 11) is 1.64. The number of carbonyl (C=O) groups is 1. The summed E-state index contributed by atoms with van der Waals surface area (Å²) >= 11 is 18.8. The molecule has 31 heavy (non-hydrogen) atoms. The van der Waals surface area contributed by atoms with Crippen molar-refractivity contribution in [3.63, 3.8) is 0 Å². The first kappa shape index (κ1) is 23.5. The number of rotatable bonds is 9. The first-order chi connectivity index (χ1) is 15.0. The van der Waals surface area contributed by atoms with Gasteiger partial charge in [-0.05, 0) is 42.3 Å². The van der Waals surface area contributed by atoms with Crippen LogP contribution < -0.4 is 5.32 Å². The van der Waals surface area contributed by atoms with Crippen molar-refractivity contribution < 1.29 is 9.53 Å². The summed E-state index contributed by atoms with van der Waals surface area (Å²) in [6.45, 7) is 2.09. The van der Waals surface area contributed by atoms with Crippen LogP contribution in [0.1, 0.15) is 17.7 Å². The maximum Gasteiger partial charge on any atom is 0.322 e. The number of urea groups is 1. The molecule has 0 aliphatic carbocycles. The Balaban J connectivity index is 1.78. The van der Waals surface area contributed by atoms with Crippen LogP contribution in [0.4, 0.5) is 10.5 Å². The minimum atomic E-state index is -0.281. The van der Waals surface area contributed by atoms with Crippen LogP contribution in [0.3, 0.4) is 0 Å². The SMILES string of the molecule is COCCCN(Cc1cccn1Cc1ccccc1Cl)C(=O)Nc1c(Cl)cccc1Cl. The lowest BCUT2D eigenvalue weighted by Crippen LogP contribution is -2.36. The van der Waals surface area contributed by atoms with E-state index in [0.717, 1.165) is 11.3 Å². The van der Waals surface area contributed by atoms with Crippen molar-refractivity contribution in [1.29, 1.82) is 0 Å². The van der Waals surface area contributed by atoms with Gasteiger partial charge in [-0.25, -0.2) is 4.79 Å². The molecule has 0 unspecified atom stereocenters. The maximum atomic E-state index is 13.1. The van der Waals surface area contributed by atoms with E-state index >= 15 is 0 Å². The minimum absolute atomic E-state index is 0.281. The Labute approximate surface area is 197 Å². The summed E-state index contributed by atoms with van der Waals surface area (Å²) in [5.41, 5.74) is 2.40. The van der Waals surface area contributed by atoms with Crippen LogP contribution in [-0.2, 0) is 17.8 Å². The number of hydrogen-bond donors (Lipinski definition) is 1. The topological polar surface area (TPSA) is 46.5 Å². The number of nitrogens with one attached hydrogen (secondary N) is 1. The van der Waals surface area contributed by atoms with Crippen LogP contribution in [-0.4, -0.2) is 35.8 Å². The minimum Gasteiger partial charge on any atom is -0.385 e. The highest BCUT2D eigenvalue weighted by atomic mass is 35.5. The summed E-state index contributed by atoms with van der Waals surface area (Å²) in [5.74, 6) is 0. The molecule has 1 N–H and O–H groups in total. The Hall–Kier alpha value is -2.18. The molecule has 0 spiro atoms. The molecule has 0 fully saturated rings. The zero-order chi connectivity index (χ0) is 22.2. The zero-order valence-corrected chi connectivity index (χ0v) is 19.4. The first-order valence-corrected chi connectivity index (χ1v) is 11.0. The molecule has 2 amide bonds. The van der Waals surface area contributed by atoms with Gasteiger partial charge >= 0.3 is 6.03 Å². The normalized spacial score (nSPS) is 10.8. The molecule has 0 aliphatic heterocycles. The molecule has 3 rings (SSSR count). The molecule has 3 aromatic rings. The number of nitrogens with zero attached hydrogens (tertiary/aromatic N) is 2. The van der Waals surface area contributed by atoms with Crippen LogP contribution >= 0.6 is 34.8 Å². The lowest BCUT2D eigenvalue weighted by molar-refractivity contribution is 0.171. The quantitative estimate of drug-likeness (QED) is 0.352. The zero-order valence-electron chi connectivity index (χ0n) is 17.2. The fourth-order valence-electron chi connectivity index (χ4n) is 3.21. The molecule has 0 bridgehead atoms. The van der Waals surface area contributed by atoms with Gasteiger partial charge in [0.15, 0.2) is 0 Å². The molecule has 0 aliphatic rings. The van der Waals surface area contributed by atoms with Gasteiger partial charge in [0.05, 0.1) is 22.3 Å². The average Bonchev–Trinajstić information content (AvgIpc) is 3.18. The molecule has 164 valence electrons. The molecule has 1 aromatic heterocycles. The second-order valence-electron chi connectivity index (χ2n) is 7.01. The van der Waals surface area contributed by atoms with Crippen LogP contribution in [0.5, 0.6) is 0 Å². The number of aromatic nitrogens is 1. The average molecular weight is 481 g/mol. The number of halogens is 3. The highest BCUT2D eigenvalue weighted by molar-refractivity contribution is 6.39. The number of ether oxygens (including phenoxy) is 1. The fraction of sp³-hybridized carbons (Fsp3) is 0.261. The lowest BCUT2D eigenvalue weighted by atomic mass is 10.2. The van der Waals surface area contributed by atoms with E-state index in [1.54, 1.807) is 30.2 Å². The smallest absolute Gasteiger partial charge is 0.322 e. The van der Waals surface area contributed by atoms with Gasteiger partial charge in [-0.3, -0.25) is 0 Å². The van der Waals surface area contributed by atoms with Crippen molar-refractivity contribution in [3.8, 4) is 0 Å². The Morgan fingerprint density at radius 1 is 1.00 bits per heavy atom. The number of benzene rings is 2. The van der Waals surface area contributed by atoms with E-state index < -0.39 is 0 Å². The van der Waals surface area contributed by atoms with Crippen molar-refractivity contribution >= 4 is 46.5 Å². The predicted molar refractivity (Wildman–Crippen MR) is 127 cm³/mol. The molecular formula is C23H24Cl3N3O2. The Bertz CT molecular complexity index is 1000. The van der Waals surface area contributed by atoms with Crippen LogP contribution in [0.2, 0.25) is 15.1 Å². The molecule has 1 heterocycles. The number of anilines is 1. The summed E-state index contributed by atoms with van der Waals surface area (Å²) in [4.78, 5) is 14.8. The molecule has 0 radical (unpaired) electrons. The maximum absolute atomic E-state index is 13.1. The molecule has 0 saturated heterocycles. The second-order valence-corrected chi connectivity index (χ2v) is 8.24. The standard InChI is InChI=1S/C23H24Cl3N3O2/c1-31-14-6-13-29(23(30)27-22-20(25)10-4-11-21(22)26)16-18-8-5-12-28(18)15-17-7-2-3-9-19(17)24/h2-5,7-12H,6,13-16H2,1H3,(H,27,30). The van der Waals surface area contributed by atoms with Gasteiger partial charge in [0.1, 0.15) is 0 Å². The lowest BCUT2D eigenvalue weighted by Gasteiger charge is -2.24. The van der Waals surface area contributed by atoms with Crippen LogP contribution in [0, 0.1) is 0 Å². The van der Waals surface area contributed by atoms with Gasteiger partial charge in [-0.1, -0.05) is 59.1 Å². The summed E-state index contributed by atoms with van der Waals surface area (Å²) in [6, 6.07) is 16.5. The van der Waals surface area contributed by atoms with Gasteiger partial charge in [0, 0.05) is 43.7 Å². The van der Waals surface area contributed by atoms with E-state index in [0.29, 0.717) is 53.4 Å². The second kappa shape index (κ2) is 11.4. The van der Waals surface area contributed by atoms with Crippen molar-refractivity contribution in [3.05, 3.63) is 87.1 Å². The third kappa shape index (κ3) is 6.40. The third-order valence-electron chi connectivity index (χ3n) is 4.83. The third-order valence-corrected chi connectivity index (χ3v) is 5.83. The first-order valence-electron chi connectivity index (χ1n) is 9.86. The van der Waals surface area contributed by atoms with Gasteiger partial charge in [-0.2, -0.15) is 0 Å². The Kier molecular flexibility index (Phi) is 8.67. The van der Waals surface area contributed by atoms with Crippen molar-refractivity contribution in [1.82, 2.24) is 9.47 Å². The Morgan fingerprint density at radius 3 is 2.42 bits per heavy atom. The molecule has 2 aromatic carbocycles. The number of methoxy groups -OCH3 is 1. The molecular weight excluding hydrogens is 457 g/mol. The largest absolute Gasteiger partial charge is 0.385 e. The van der Waals surface area contributed by atoms with Gasteiger partial charge in [0.25, 0.3) is 0 Å². The van der Waals surface area contributed by atoms with Crippen molar-refractivity contribution in [2.24, 2.45) is 0 Å². The van der Waals surface area contributed by atoms with E-state index in [9.17, 15) is 4.79 Å². The van der Waals surface area contributed by atoms with Gasteiger partial charge < -0.3 is 19.5 Å². The molecule has 8 heteroatoms. The summed E-state index contributed by atoms with van der Waals surface area (Å²) in [6.07, 6.45) is 2.68. The number of carbonyl (C=O) groups excluding carboxylic acids is 1. The highest BCUT2D eigenvalue weighted by Gasteiger charge is 2.18. The molecule has 0 saturated carbocycles. The van der Waals surface area contributed by atoms with Crippen molar-refractivity contribution in [2.75, 3.05) is 25.6 Å². The van der Waals surface area contributed by atoms with Crippen LogP contribution in [0.15, 0.2) is 60.8 Å². The van der Waals surface area contributed by atoms with Crippen LogP contribution in [0.25, 0.3) is 0 Å². The van der Waals surface area contributed by atoms with E-state index in [4.69, 9.17) is 39.5 Å². The monoisotopic (exact) mass is 479 g/mol. The number of amides is 2. The molecule has 0 atom stereocenters. The van der Waals surface area contributed by atoms with E-state index in [2.05, 4.69) is 9.88 Å². The number of para-hydroxylation sites is 1. The van der Waals surface area contributed by atoms with Crippen molar-refractivity contribution in [2.45, 2.75) is 19.5 Å². The molecule has 5 nitrogen and oxygen atoms in total. The van der Waals surface area contributed by atoms with E-state index in [-0.39, 0.29) is 6.03 Å². The highest BCUT2D eigenvalue weighted by Crippen LogP contribution is 2.30. The van der Waals surface area contributed by atoms with E-state index in [1.807, 2.05) is 42.6 Å².